The van der Waals surface area contributed by atoms with E-state index in [9.17, 15) is 4.79 Å². The van der Waals surface area contributed by atoms with Gasteiger partial charge in [-0.2, -0.15) is 0 Å². The lowest BCUT2D eigenvalue weighted by Crippen LogP contribution is -2.44. The van der Waals surface area contributed by atoms with Crippen LogP contribution in [0, 0.1) is 12.3 Å². The molecule has 2 saturated heterocycles. The van der Waals surface area contributed by atoms with Gasteiger partial charge in [-0.05, 0) is 50.1 Å². The molecule has 2 aliphatic heterocycles. The molecule has 0 radical (unpaired) electrons. The SMILES string of the molecule is Cc1cc(C(=O)N2CCC3(CCNC3)CC2)c2c(C(C)C)noc2n1. The maximum Gasteiger partial charge on any atom is 0.259 e. The molecule has 1 spiro atoms. The number of piperidine rings is 1. The monoisotopic (exact) mass is 342 g/mol. The molecule has 134 valence electrons. The van der Waals surface area contributed by atoms with E-state index in [1.807, 2.05) is 17.9 Å². The molecule has 0 atom stereocenters. The summed E-state index contributed by atoms with van der Waals surface area (Å²) in [6, 6.07) is 1.88. The Morgan fingerprint density at radius 2 is 2.08 bits per heavy atom. The predicted octanol–water partition coefficient (Wildman–Crippen LogP) is 2.87. The molecule has 0 saturated carbocycles. The third kappa shape index (κ3) is 2.82. The zero-order chi connectivity index (χ0) is 17.6. The lowest BCUT2D eigenvalue weighted by atomic mass is 9.77. The Kier molecular flexibility index (Phi) is 4.02. The van der Waals surface area contributed by atoms with Crippen molar-refractivity contribution in [3.05, 3.63) is 23.0 Å². The van der Waals surface area contributed by atoms with E-state index in [-0.39, 0.29) is 11.8 Å². The van der Waals surface area contributed by atoms with E-state index >= 15 is 0 Å². The molecule has 2 aromatic rings. The summed E-state index contributed by atoms with van der Waals surface area (Å²) >= 11 is 0. The number of fused-ring (bicyclic) bond motifs is 1. The van der Waals surface area contributed by atoms with Gasteiger partial charge in [-0.3, -0.25) is 4.79 Å². The second-order valence-electron chi connectivity index (χ2n) is 7.93. The van der Waals surface area contributed by atoms with Crippen LogP contribution in [-0.2, 0) is 0 Å². The van der Waals surface area contributed by atoms with Crippen LogP contribution in [-0.4, -0.2) is 47.1 Å². The molecule has 0 bridgehead atoms. The average molecular weight is 342 g/mol. The van der Waals surface area contributed by atoms with Crippen LogP contribution in [0.25, 0.3) is 11.1 Å². The number of carbonyl (C=O) groups excluding carboxylic acids is 1. The highest BCUT2D eigenvalue weighted by atomic mass is 16.5. The summed E-state index contributed by atoms with van der Waals surface area (Å²) < 4.78 is 5.41. The van der Waals surface area contributed by atoms with E-state index in [0.29, 0.717) is 16.7 Å². The molecule has 2 aliphatic rings. The van der Waals surface area contributed by atoms with Crippen molar-refractivity contribution in [3.8, 4) is 0 Å². The second-order valence-corrected chi connectivity index (χ2v) is 7.93. The van der Waals surface area contributed by atoms with Crippen molar-refractivity contribution in [1.82, 2.24) is 20.4 Å². The Labute approximate surface area is 148 Å². The van der Waals surface area contributed by atoms with Gasteiger partial charge in [0.05, 0.1) is 16.6 Å². The summed E-state index contributed by atoms with van der Waals surface area (Å²) in [7, 11) is 0. The first-order valence-electron chi connectivity index (χ1n) is 9.26. The van der Waals surface area contributed by atoms with Crippen LogP contribution in [0.1, 0.15) is 60.8 Å². The van der Waals surface area contributed by atoms with Crippen LogP contribution in [0.15, 0.2) is 10.6 Å². The zero-order valence-corrected chi connectivity index (χ0v) is 15.3. The first-order chi connectivity index (χ1) is 12.0. The van der Waals surface area contributed by atoms with Crippen LogP contribution >= 0.6 is 0 Å². The van der Waals surface area contributed by atoms with Crippen molar-refractivity contribution < 1.29 is 9.32 Å². The van der Waals surface area contributed by atoms with Gasteiger partial charge in [0.1, 0.15) is 0 Å². The summed E-state index contributed by atoms with van der Waals surface area (Å²) in [5.41, 5.74) is 3.17. The molecule has 4 heterocycles. The molecule has 6 heteroatoms. The molecular formula is C19H26N4O2. The van der Waals surface area contributed by atoms with E-state index in [0.717, 1.165) is 55.8 Å². The molecule has 1 amide bonds. The van der Waals surface area contributed by atoms with Crippen molar-refractivity contribution in [2.75, 3.05) is 26.2 Å². The largest absolute Gasteiger partial charge is 0.339 e. The third-order valence-corrected chi connectivity index (χ3v) is 5.82. The highest BCUT2D eigenvalue weighted by Crippen LogP contribution is 2.38. The van der Waals surface area contributed by atoms with Crippen molar-refractivity contribution in [1.29, 1.82) is 0 Å². The molecule has 0 aromatic carbocycles. The number of nitrogens with one attached hydrogen (secondary N) is 1. The Morgan fingerprint density at radius 3 is 2.72 bits per heavy atom. The van der Waals surface area contributed by atoms with E-state index in [4.69, 9.17) is 4.52 Å². The maximum absolute atomic E-state index is 13.3. The van der Waals surface area contributed by atoms with Gasteiger partial charge in [0.2, 0.25) is 0 Å². The maximum atomic E-state index is 13.3. The fourth-order valence-corrected chi connectivity index (χ4v) is 4.24. The first-order valence-corrected chi connectivity index (χ1v) is 9.26. The third-order valence-electron chi connectivity index (χ3n) is 5.82. The summed E-state index contributed by atoms with van der Waals surface area (Å²) in [5, 5.41) is 8.43. The first kappa shape index (κ1) is 16.5. The fourth-order valence-electron chi connectivity index (χ4n) is 4.24. The van der Waals surface area contributed by atoms with E-state index in [1.54, 1.807) is 0 Å². The fraction of sp³-hybridized carbons (Fsp3) is 0.632. The number of aromatic nitrogens is 2. The molecule has 1 N–H and O–H groups in total. The van der Waals surface area contributed by atoms with Crippen LogP contribution in [0.4, 0.5) is 0 Å². The van der Waals surface area contributed by atoms with Gasteiger partial charge in [-0.15, -0.1) is 0 Å². The normalized spacial score (nSPS) is 20.1. The Hall–Kier alpha value is -1.95. The Balaban J connectivity index is 1.65. The molecule has 2 fully saturated rings. The Bertz CT molecular complexity index is 795. The molecule has 25 heavy (non-hydrogen) atoms. The van der Waals surface area contributed by atoms with E-state index < -0.39 is 0 Å². The van der Waals surface area contributed by atoms with E-state index in [2.05, 4.69) is 29.3 Å². The van der Waals surface area contributed by atoms with Crippen LogP contribution in [0.5, 0.6) is 0 Å². The van der Waals surface area contributed by atoms with E-state index in [1.165, 1.54) is 6.42 Å². The highest BCUT2D eigenvalue weighted by molar-refractivity contribution is 6.06. The number of nitrogens with zero attached hydrogens (tertiary/aromatic N) is 3. The number of carbonyl (C=O) groups is 1. The smallest absolute Gasteiger partial charge is 0.259 e. The van der Waals surface area contributed by atoms with Gasteiger partial charge in [-0.25, -0.2) is 4.98 Å². The zero-order valence-electron chi connectivity index (χ0n) is 15.3. The molecule has 4 rings (SSSR count). The highest BCUT2D eigenvalue weighted by Gasteiger charge is 2.38. The van der Waals surface area contributed by atoms with Crippen LogP contribution in [0.3, 0.4) is 0 Å². The van der Waals surface area contributed by atoms with Crippen LogP contribution in [0.2, 0.25) is 0 Å². The lowest BCUT2D eigenvalue weighted by molar-refractivity contribution is 0.0609. The minimum Gasteiger partial charge on any atom is -0.339 e. The van der Waals surface area contributed by atoms with Gasteiger partial charge in [0.15, 0.2) is 0 Å². The molecule has 6 nitrogen and oxygen atoms in total. The number of rotatable bonds is 2. The summed E-state index contributed by atoms with van der Waals surface area (Å²) in [6.45, 7) is 9.86. The predicted molar refractivity (Wildman–Crippen MR) is 95.7 cm³/mol. The number of aryl methyl sites for hydroxylation is 1. The Morgan fingerprint density at radius 1 is 1.32 bits per heavy atom. The van der Waals surface area contributed by atoms with Gasteiger partial charge < -0.3 is 14.7 Å². The minimum atomic E-state index is 0.0846. The minimum absolute atomic E-state index is 0.0846. The quantitative estimate of drug-likeness (QED) is 0.909. The number of likely N-dealkylation sites (tertiary alicyclic amines) is 1. The summed E-state index contributed by atoms with van der Waals surface area (Å²) in [6.07, 6.45) is 3.40. The average Bonchev–Trinajstić information content (AvgIpc) is 3.21. The summed E-state index contributed by atoms with van der Waals surface area (Å²) in [5.74, 6) is 0.271. The van der Waals surface area contributed by atoms with Gasteiger partial charge in [0.25, 0.3) is 11.6 Å². The second kappa shape index (κ2) is 6.09. The standard InChI is InChI=1S/C19H26N4O2/c1-12(2)16-15-14(10-13(3)21-17(15)25-22-16)18(24)23-8-5-19(6-9-23)4-7-20-11-19/h10,12,20H,4-9,11H2,1-3H3. The lowest BCUT2D eigenvalue weighted by Gasteiger charge is -2.39. The molecular weight excluding hydrogens is 316 g/mol. The molecule has 0 unspecified atom stereocenters. The summed E-state index contributed by atoms with van der Waals surface area (Å²) in [4.78, 5) is 19.7. The molecule has 2 aromatic heterocycles. The van der Waals surface area contributed by atoms with Gasteiger partial charge >= 0.3 is 0 Å². The van der Waals surface area contributed by atoms with Crippen LogP contribution < -0.4 is 5.32 Å². The number of hydrogen-bond donors (Lipinski definition) is 1. The van der Waals surface area contributed by atoms with Crippen molar-refractivity contribution in [2.45, 2.75) is 46.0 Å². The van der Waals surface area contributed by atoms with Crippen molar-refractivity contribution >= 4 is 17.0 Å². The van der Waals surface area contributed by atoms with Gasteiger partial charge in [-0.1, -0.05) is 19.0 Å². The topological polar surface area (TPSA) is 71.3 Å². The molecule has 0 aliphatic carbocycles. The van der Waals surface area contributed by atoms with Crippen molar-refractivity contribution in [3.63, 3.8) is 0 Å². The number of hydrogen-bond acceptors (Lipinski definition) is 5. The van der Waals surface area contributed by atoms with Crippen molar-refractivity contribution in [2.24, 2.45) is 5.41 Å². The number of pyridine rings is 1. The number of amides is 1. The van der Waals surface area contributed by atoms with Gasteiger partial charge in [0, 0.05) is 25.3 Å².